The Kier molecular flexibility index (Phi) is 4.94. The van der Waals surface area contributed by atoms with Crippen LogP contribution in [0, 0.1) is 5.92 Å². The Morgan fingerprint density at radius 3 is 2.64 bits per heavy atom. The monoisotopic (exact) mass is 198 g/mol. The van der Waals surface area contributed by atoms with Crippen LogP contribution in [0.4, 0.5) is 0 Å². The summed E-state index contributed by atoms with van der Waals surface area (Å²) in [4.78, 5) is 13.6. The molecule has 14 heavy (non-hydrogen) atoms. The van der Waals surface area contributed by atoms with Gasteiger partial charge in [0.1, 0.15) is 0 Å². The van der Waals surface area contributed by atoms with E-state index in [1.807, 2.05) is 6.92 Å². The van der Waals surface area contributed by atoms with E-state index in [-0.39, 0.29) is 5.91 Å². The maximum atomic E-state index is 11.2. The normalized spacial score (nSPS) is 19.6. The van der Waals surface area contributed by atoms with Crippen LogP contribution in [0.25, 0.3) is 0 Å². The minimum atomic E-state index is 0.214. The van der Waals surface area contributed by atoms with E-state index in [1.165, 1.54) is 25.9 Å². The standard InChI is InChI=1S/C11H22N2O/c1-3-4-11(14)12-9-10-5-7-13(2)8-6-10/h10H,3-9H2,1-2H3,(H,12,14). The van der Waals surface area contributed by atoms with E-state index in [0.717, 1.165) is 13.0 Å². The van der Waals surface area contributed by atoms with Crippen LogP contribution in [0.1, 0.15) is 32.6 Å². The molecule has 1 N–H and O–H groups in total. The second-order valence-electron chi connectivity index (χ2n) is 4.30. The Labute approximate surface area is 86.9 Å². The van der Waals surface area contributed by atoms with Crippen LogP contribution in [-0.2, 0) is 4.79 Å². The van der Waals surface area contributed by atoms with Crippen molar-refractivity contribution in [2.24, 2.45) is 5.92 Å². The molecule has 82 valence electrons. The van der Waals surface area contributed by atoms with Gasteiger partial charge in [0.2, 0.25) is 5.91 Å². The molecule has 1 fully saturated rings. The first-order valence-corrected chi connectivity index (χ1v) is 5.67. The number of nitrogens with zero attached hydrogens (tertiary/aromatic N) is 1. The second kappa shape index (κ2) is 6.02. The molecule has 0 aliphatic carbocycles. The lowest BCUT2D eigenvalue weighted by Gasteiger charge is -2.28. The fraction of sp³-hybridized carbons (Fsp3) is 0.909. The summed E-state index contributed by atoms with van der Waals surface area (Å²) in [5.41, 5.74) is 0. The number of nitrogens with one attached hydrogen (secondary N) is 1. The zero-order valence-electron chi connectivity index (χ0n) is 9.38. The van der Waals surface area contributed by atoms with Gasteiger partial charge in [0.15, 0.2) is 0 Å². The van der Waals surface area contributed by atoms with Crippen molar-refractivity contribution in [1.82, 2.24) is 10.2 Å². The van der Waals surface area contributed by atoms with Gasteiger partial charge in [0.25, 0.3) is 0 Å². The molecular weight excluding hydrogens is 176 g/mol. The molecule has 1 heterocycles. The van der Waals surface area contributed by atoms with Gasteiger partial charge in [-0.2, -0.15) is 0 Å². The summed E-state index contributed by atoms with van der Waals surface area (Å²) in [5, 5.41) is 3.01. The number of likely N-dealkylation sites (tertiary alicyclic amines) is 1. The maximum Gasteiger partial charge on any atom is 0.219 e. The first kappa shape index (κ1) is 11.5. The highest BCUT2D eigenvalue weighted by Crippen LogP contribution is 2.14. The van der Waals surface area contributed by atoms with E-state index in [1.54, 1.807) is 0 Å². The molecule has 0 unspecified atom stereocenters. The van der Waals surface area contributed by atoms with Crippen LogP contribution in [-0.4, -0.2) is 37.5 Å². The zero-order valence-corrected chi connectivity index (χ0v) is 9.38. The van der Waals surface area contributed by atoms with Crippen LogP contribution in [0.5, 0.6) is 0 Å². The molecule has 3 heteroatoms. The van der Waals surface area contributed by atoms with Gasteiger partial charge in [0.05, 0.1) is 0 Å². The lowest BCUT2D eigenvalue weighted by atomic mass is 9.97. The van der Waals surface area contributed by atoms with Crippen molar-refractivity contribution in [2.45, 2.75) is 32.6 Å². The molecule has 1 saturated heterocycles. The highest BCUT2D eigenvalue weighted by molar-refractivity contribution is 5.75. The minimum absolute atomic E-state index is 0.214. The van der Waals surface area contributed by atoms with Gasteiger partial charge < -0.3 is 10.2 Å². The predicted octanol–water partition coefficient (Wildman–Crippen LogP) is 1.24. The summed E-state index contributed by atoms with van der Waals surface area (Å²) < 4.78 is 0. The van der Waals surface area contributed by atoms with Crippen molar-refractivity contribution in [3.8, 4) is 0 Å². The van der Waals surface area contributed by atoms with E-state index in [4.69, 9.17) is 0 Å². The van der Waals surface area contributed by atoms with E-state index >= 15 is 0 Å². The van der Waals surface area contributed by atoms with Crippen LogP contribution < -0.4 is 5.32 Å². The topological polar surface area (TPSA) is 32.3 Å². The molecule has 0 bridgehead atoms. The third kappa shape index (κ3) is 4.09. The number of carbonyl (C=O) groups excluding carboxylic acids is 1. The smallest absolute Gasteiger partial charge is 0.219 e. The van der Waals surface area contributed by atoms with Gasteiger partial charge in [-0.15, -0.1) is 0 Å². The highest BCUT2D eigenvalue weighted by atomic mass is 16.1. The third-order valence-corrected chi connectivity index (χ3v) is 2.90. The van der Waals surface area contributed by atoms with Crippen molar-refractivity contribution in [1.29, 1.82) is 0 Å². The summed E-state index contributed by atoms with van der Waals surface area (Å²) in [5.74, 6) is 0.915. The van der Waals surface area contributed by atoms with Gasteiger partial charge in [0, 0.05) is 13.0 Å². The van der Waals surface area contributed by atoms with Crippen molar-refractivity contribution >= 4 is 5.91 Å². The van der Waals surface area contributed by atoms with Crippen molar-refractivity contribution in [3.63, 3.8) is 0 Å². The van der Waals surface area contributed by atoms with Gasteiger partial charge in [-0.1, -0.05) is 6.92 Å². The molecule has 1 amide bonds. The largest absolute Gasteiger partial charge is 0.356 e. The number of amides is 1. The Hall–Kier alpha value is -0.570. The third-order valence-electron chi connectivity index (χ3n) is 2.90. The van der Waals surface area contributed by atoms with Crippen molar-refractivity contribution in [3.05, 3.63) is 0 Å². The van der Waals surface area contributed by atoms with E-state index < -0.39 is 0 Å². The Morgan fingerprint density at radius 1 is 1.43 bits per heavy atom. The summed E-state index contributed by atoms with van der Waals surface area (Å²) >= 11 is 0. The number of hydrogen-bond acceptors (Lipinski definition) is 2. The Morgan fingerprint density at radius 2 is 2.07 bits per heavy atom. The SMILES string of the molecule is CCCC(=O)NCC1CCN(C)CC1. The molecule has 0 aromatic heterocycles. The molecule has 3 nitrogen and oxygen atoms in total. The molecule has 1 rings (SSSR count). The summed E-state index contributed by atoms with van der Waals surface area (Å²) in [7, 11) is 2.16. The van der Waals surface area contributed by atoms with Crippen molar-refractivity contribution < 1.29 is 4.79 Å². The predicted molar refractivity (Wildman–Crippen MR) is 58.1 cm³/mol. The molecule has 0 aromatic rings. The summed E-state index contributed by atoms with van der Waals surface area (Å²) in [6, 6.07) is 0. The average Bonchev–Trinajstić information content (AvgIpc) is 2.17. The maximum absolute atomic E-state index is 11.2. The summed E-state index contributed by atoms with van der Waals surface area (Å²) in [6.45, 7) is 5.27. The Balaban J connectivity index is 2.09. The molecule has 0 saturated carbocycles. The van der Waals surface area contributed by atoms with E-state index in [0.29, 0.717) is 12.3 Å². The molecule has 0 aromatic carbocycles. The average molecular weight is 198 g/mol. The molecule has 1 aliphatic rings. The van der Waals surface area contributed by atoms with Gasteiger partial charge in [-0.3, -0.25) is 4.79 Å². The number of hydrogen-bond donors (Lipinski definition) is 1. The summed E-state index contributed by atoms with van der Waals surface area (Å²) in [6.07, 6.45) is 4.07. The molecule has 0 radical (unpaired) electrons. The minimum Gasteiger partial charge on any atom is -0.356 e. The van der Waals surface area contributed by atoms with Crippen LogP contribution in [0.15, 0.2) is 0 Å². The number of carbonyl (C=O) groups is 1. The lowest BCUT2D eigenvalue weighted by Crippen LogP contribution is -2.36. The fourth-order valence-electron chi connectivity index (χ4n) is 1.84. The quantitative estimate of drug-likeness (QED) is 0.737. The molecule has 1 aliphatic heterocycles. The van der Waals surface area contributed by atoms with Gasteiger partial charge >= 0.3 is 0 Å². The lowest BCUT2D eigenvalue weighted by molar-refractivity contribution is -0.121. The van der Waals surface area contributed by atoms with Crippen LogP contribution >= 0.6 is 0 Å². The van der Waals surface area contributed by atoms with Gasteiger partial charge in [-0.25, -0.2) is 0 Å². The number of rotatable bonds is 4. The molecule has 0 spiro atoms. The highest BCUT2D eigenvalue weighted by Gasteiger charge is 2.16. The zero-order chi connectivity index (χ0) is 10.4. The van der Waals surface area contributed by atoms with E-state index in [9.17, 15) is 4.79 Å². The first-order chi connectivity index (χ1) is 6.72. The Bertz CT molecular complexity index is 174. The first-order valence-electron chi connectivity index (χ1n) is 5.67. The van der Waals surface area contributed by atoms with Gasteiger partial charge in [-0.05, 0) is 45.3 Å². The van der Waals surface area contributed by atoms with E-state index in [2.05, 4.69) is 17.3 Å². The fourth-order valence-corrected chi connectivity index (χ4v) is 1.84. The number of piperidine rings is 1. The second-order valence-corrected chi connectivity index (χ2v) is 4.30. The molecule has 0 atom stereocenters. The van der Waals surface area contributed by atoms with Crippen molar-refractivity contribution in [2.75, 3.05) is 26.7 Å². The van der Waals surface area contributed by atoms with Crippen LogP contribution in [0.2, 0.25) is 0 Å². The molecular formula is C11H22N2O. The van der Waals surface area contributed by atoms with Crippen LogP contribution in [0.3, 0.4) is 0 Å².